The van der Waals surface area contributed by atoms with E-state index in [0.717, 1.165) is 42.1 Å². The molecule has 114 valence electrons. The van der Waals surface area contributed by atoms with E-state index in [1.54, 1.807) is 23.9 Å². The van der Waals surface area contributed by atoms with Crippen LogP contribution in [0, 0.1) is 0 Å². The van der Waals surface area contributed by atoms with Crippen LogP contribution in [-0.4, -0.2) is 27.6 Å². The van der Waals surface area contributed by atoms with Gasteiger partial charge in [-0.05, 0) is 17.5 Å². The summed E-state index contributed by atoms with van der Waals surface area (Å²) in [5.74, 6) is 0. The van der Waals surface area contributed by atoms with Crippen molar-refractivity contribution in [3.63, 3.8) is 0 Å². The van der Waals surface area contributed by atoms with E-state index < -0.39 is 0 Å². The van der Waals surface area contributed by atoms with Gasteiger partial charge in [0.25, 0.3) is 0 Å². The number of ether oxygens (including phenoxy) is 1. The number of hydrogen-bond acceptors (Lipinski definition) is 6. The number of thiophene rings is 1. The Balaban J connectivity index is 1.38. The maximum absolute atomic E-state index is 5.94. The van der Waals surface area contributed by atoms with Crippen LogP contribution in [0.5, 0.6) is 0 Å². The number of nitrogens with zero attached hydrogens (tertiary/aromatic N) is 3. The summed E-state index contributed by atoms with van der Waals surface area (Å²) in [6, 6.07) is 4.02. The predicted octanol–water partition coefficient (Wildman–Crippen LogP) is 2.29. The van der Waals surface area contributed by atoms with Gasteiger partial charge in [-0.2, -0.15) is 11.3 Å². The Bertz CT molecular complexity index is 721. The molecule has 7 heteroatoms. The van der Waals surface area contributed by atoms with E-state index in [1.165, 1.54) is 0 Å². The zero-order valence-corrected chi connectivity index (χ0v) is 12.8. The first kappa shape index (κ1) is 13.7. The lowest BCUT2D eigenvalue weighted by atomic mass is 10.2. The Kier molecular flexibility index (Phi) is 3.75. The molecule has 0 spiro atoms. The first-order chi connectivity index (χ1) is 10.9. The predicted molar refractivity (Wildman–Crippen MR) is 82.3 cm³/mol. The van der Waals surface area contributed by atoms with E-state index in [0.29, 0.717) is 6.61 Å². The summed E-state index contributed by atoms with van der Waals surface area (Å²) in [6.07, 6.45) is 3.54. The minimum Gasteiger partial charge on any atom is -0.472 e. The van der Waals surface area contributed by atoms with Crippen LogP contribution < -0.4 is 5.32 Å². The van der Waals surface area contributed by atoms with Crippen LogP contribution in [0.2, 0.25) is 0 Å². The highest BCUT2D eigenvalue weighted by Gasteiger charge is 2.24. The van der Waals surface area contributed by atoms with Crippen LogP contribution in [0.25, 0.3) is 11.3 Å². The molecule has 0 amide bonds. The third-order valence-corrected chi connectivity index (χ3v) is 4.43. The van der Waals surface area contributed by atoms with Gasteiger partial charge in [-0.25, -0.2) is 4.68 Å². The molecule has 1 atom stereocenters. The van der Waals surface area contributed by atoms with Gasteiger partial charge in [-0.3, -0.25) is 0 Å². The van der Waals surface area contributed by atoms with Gasteiger partial charge in [0.05, 0.1) is 37.5 Å². The van der Waals surface area contributed by atoms with E-state index in [1.807, 2.05) is 16.1 Å². The van der Waals surface area contributed by atoms with E-state index in [9.17, 15) is 0 Å². The molecule has 0 aliphatic carbocycles. The quantitative estimate of drug-likeness (QED) is 0.782. The second-order valence-electron chi connectivity index (χ2n) is 5.27. The van der Waals surface area contributed by atoms with Crippen LogP contribution in [0.15, 0.2) is 39.8 Å². The lowest BCUT2D eigenvalue weighted by Gasteiger charge is -2.24. The summed E-state index contributed by atoms with van der Waals surface area (Å²) in [4.78, 5) is 0. The molecule has 6 nitrogen and oxygen atoms in total. The Hall–Kier alpha value is -1.96. The molecule has 1 aliphatic rings. The number of furan rings is 1. The fourth-order valence-electron chi connectivity index (χ4n) is 2.58. The molecule has 3 aromatic heterocycles. The number of aromatic nitrogens is 3. The topological polar surface area (TPSA) is 65.1 Å². The van der Waals surface area contributed by atoms with Crippen molar-refractivity contribution in [2.45, 2.75) is 25.8 Å². The lowest BCUT2D eigenvalue weighted by Crippen LogP contribution is -2.36. The second kappa shape index (κ2) is 6.04. The van der Waals surface area contributed by atoms with Crippen molar-refractivity contribution < 1.29 is 9.15 Å². The molecule has 1 aliphatic heterocycles. The van der Waals surface area contributed by atoms with Crippen molar-refractivity contribution in [2.24, 2.45) is 0 Å². The van der Waals surface area contributed by atoms with Gasteiger partial charge in [-0.15, -0.1) is 5.10 Å². The molecule has 0 aromatic carbocycles. The van der Waals surface area contributed by atoms with Crippen molar-refractivity contribution in [1.29, 1.82) is 0 Å². The Morgan fingerprint density at radius 3 is 3.23 bits per heavy atom. The Morgan fingerprint density at radius 2 is 2.41 bits per heavy atom. The summed E-state index contributed by atoms with van der Waals surface area (Å²) in [5, 5.41) is 16.1. The Labute approximate surface area is 131 Å². The highest BCUT2D eigenvalue weighted by atomic mass is 32.1. The van der Waals surface area contributed by atoms with Gasteiger partial charge in [0.1, 0.15) is 5.69 Å². The van der Waals surface area contributed by atoms with Gasteiger partial charge in [0.15, 0.2) is 0 Å². The fraction of sp³-hybridized carbons (Fsp3) is 0.333. The normalized spacial score (nSPS) is 17.5. The average molecular weight is 316 g/mol. The largest absolute Gasteiger partial charge is 0.472 e. The third-order valence-electron chi connectivity index (χ3n) is 3.75. The fourth-order valence-corrected chi connectivity index (χ4v) is 3.22. The van der Waals surface area contributed by atoms with Crippen LogP contribution in [0.4, 0.5) is 0 Å². The van der Waals surface area contributed by atoms with Crippen LogP contribution >= 0.6 is 11.3 Å². The number of hydrogen-bond donors (Lipinski definition) is 1. The minimum atomic E-state index is 0.108. The molecule has 4 heterocycles. The zero-order valence-electron chi connectivity index (χ0n) is 11.9. The standard InChI is InChI=1S/C15H16N4O2S/c1-3-20-8-11(1)5-16-6-13-7-19-14(9-21-13)15(17-18-19)12-2-4-22-10-12/h1-4,8,10,13,16H,5-7,9H2/t13-/m0/s1. The van der Waals surface area contributed by atoms with Crippen molar-refractivity contribution in [3.05, 3.63) is 46.7 Å². The van der Waals surface area contributed by atoms with E-state index in [-0.39, 0.29) is 6.10 Å². The summed E-state index contributed by atoms with van der Waals surface area (Å²) < 4.78 is 12.9. The maximum Gasteiger partial charge on any atom is 0.119 e. The summed E-state index contributed by atoms with van der Waals surface area (Å²) >= 11 is 1.66. The van der Waals surface area contributed by atoms with E-state index >= 15 is 0 Å². The zero-order chi connectivity index (χ0) is 14.8. The van der Waals surface area contributed by atoms with Gasteiger partial charge in [-0.1, -0.05) is 5.21 Å². The molecule has 0 saturated heterocycles. The monoisotopic (exact) mass is 316 g/mol. The molecular weight excluding hydrogens is 300 g/mol. The van der Waals surface area contributed by atoms with Crippen LogP contribution in [0.3, 0.4) is 0 Å². The smallest absolute Gasteiger partial charge is 0.119 e. The van der Waals surface area contributed by atoms with Crippen molar-refractivity contribution in [1.82, 2.24) is 20.3 Å². The molecule has 0 bridgehead atoms. The van der Waals surface area contributed by atoms with E-state index in [4.69, 9.17) is 9.15 Å². The minimum absolute atomic E-state index is 0.108. The molecule has 0 fully saturated rings. The SMILES string of the molecule is c1cc(CNC[C@H]2Cn3nnc(-c4ccsc4)c3CO2)co1. The molecule has 1 N–H and O–H groups in total. The highest BCUT2D eigenvalue weighted by molar-refractivity contribution is 7.08. The number of nitrogens with one attached hydrogen (secondary N) is 1. The average Bonchev–Trinajstić information content (AvgIpc) is 3.28. The van der Waals surface area contributed by atoms with Crippen LogP contribution in [0.1, 0.15) is 11.3 Å². The molecule has 0 unspecified atom stereocenters. The summed E-state index contributed by atoms with van der Waals surface area (Å²) in [5.41, 5.74) is 4.25. The number of fused-ring (bicyclic) bond motifs is 1. The highest BCUT2D eigenvalue weighted by Crippen LogP contribution is 2.26. The molecule has 4 rings (SSSR count). The van der Waals surface area contributed by atoms with Gasteiger partial charge in [0.2, 0.25) is 0 Å². The number of rotatable bonds is 5. The molecular formula is C15H16N4O2S. The summed E-state index contributed by atoms with van der Waals surface area (Å²) in [7, 11) is 0. The first-order valence-electron chi connectivity index (χ1n) is 7.18. The lowest BCUT2D eigenvalue weighted by molar-refractivity contribution is 0.00125. The van der Waals surface area contributed by atoms with Crippen molar-refractivity contribution in [3.8, 4) is 11.3 Å². The van der Waals surface area contributed by atoms with Gasteiger partial charge in [0, 0.05) is 29.6 Å². The molecule has 22 heavy (non-hydrogen) atoms. The van der Waals surface area contributed by atoms with Crippen LogP contribution in [-0.2, 0) is 24.4 Å². The van der Waals surface area contributed by atoms with Gasteiger partial charge >= 0.3 is 0 Å². The maximum atomic E-state index is 5.94. The third kappa shape index (κ3) is 2.70. The van der Waals surface area contributed by atoms with Crippen molar-refractivity contribution >= 4 is 11.3 Å². The van der Waals surface area contributed by atoms with Crippen molar-refractivity contribution in [2.75, 3.05) is 6.54 Å². The molecule has 0 saturated carbocycles. The Morgan fingerprint density at radius 1 is 1.41 bits per heavy atom. The first-order valence-corrected chi connectivity index (χ1v) is 8.13. The molecule has 3 aromatic rings. The molecule has 0 radical (unpaired) electrons. The summed E-state index contributed by atoms with van der Waals surface area (Å²) in [6.45, 7) is 2.83. The second-order valence-corrected chi connectivity index (χ2v) is 6.05. The van der Waals surface area contributed by atoms with Gasteiger partial charge < -0.3 is 14.5 Å². The van der Waals surface area contributed by atoms with E-state index in [2.05, 4.69) is 27.1 Å².